The van der Waals surface area contributed by atoms with Gasteiger partial charge in [-0.3, -0.25) is 14.9 Å². The summed E-state index contributed by atoms with van der Waals surface area (Å²) in [4.78, 5) is 22.7. The van der Waals surface area contributed by atoms with E-state index in [9.17, 15) is 14.9 Å². The van der Waals surface area contributed by atoms with Crippen LogP contribution in [0, 0.1) is 10.1 Å². The van der Waals surface area contributed by atoms with Gasteiger partial charge in [0.15, 0.2) is 0 Å². The molecule has 0 atom stereocenters. The van der Waals surface area contributed by atoms with Crippen LogP contribution in [0.1, 0.15) is 23.7 Å². The number of nitro groups is 1. The molecule has 0 aliphatic heterocycles. The lowest BCUT2D eigenvalue weighted by Crippen LogP contribution is -2.13. The molecule has 2 aromatic carbocycles. The molecule has 2 rings (SSSR count). The summed E-state index contributed by atoms with van der Waals surface area (Å²) in [5.41, 5.74) is 0.565. The number of carbonyl (C=O) groups excluding carboxylic acids is 1. The summed E-state index contributed by atoms with van der Waals surface area (Å²) in [6.07, 6.45) is 0.848. The second-order valence-corrected chi connectivity index (χ2v) is 5.58. The smallest absolute Gasteiger partial charge is 0.284 e. The molecule has 0 saturated carbocycles. The predicted molar refractivity (Wildman–Crippen MR) is 91.0 cm³/mol. The molecule has 1 amide bonds. The molecule has 2 aromatic rings. The topological polar surface area (TPSA) is 81.5 Å². The van der Waals surface area contributed by atoms with Crippen LogP contribution in [-0.2, 0) is 0 Å². The highest BCUT2D eigenvalue weighted by atomic mass is 79.9. The number of hydrogen-bond acceptors (Lipinski definition) is 4. The standard InChI is InChI=1S/C16H15BrN2O4/c1-2-9-23-15-6-4-3-5-13(15)18-16(20)11-7-8-12(17)14(10-11)19(21)22/h3-8,10H,2,9H2,1H3,(H,18,20). The largest absolute Gasteiger partial charge is 0.491 e. The number of nitrogens with one attached hydrogen (secondary N) is 1. The van der Waals surface area contributed by atoms with Crippen LogP contribution in [0.25, 0.3) is 0 Å². The lowest BCUT2D eigenvalue weighted by atomic mass is 10.2. The predicted octanol–water partition coefficient (Wildman–Crippen LogP) is 4.40. The Hall–Kier alpha value is -2.41. The molecular weight excluding hydrogens is 364 g/mol. The maximum atomic E-state index is 12.3. The van der Waals surface area contributed by atoms with Crippen molar-refractivity contribution in [3.8, 4) is 5.75 Å². The van der Waals surface area contributed by atoms with Gasteiger partial charge in [-0.05, 0) is 46.6 Å². The molecule has 0 saturated heterocycles. The number of nitro benzene ring substituents is 1. The van der Waals surface area contributed by atoms with Crippen molar-refractivity contribution in [2.75, 3.05) is 11.9 Å². The number of hydrogen-bond donors (Lipinski definition) is 1. The van der Waals surface area contributed by atoms with Crippen LogP contribution in [0.5, 0.6) is 5.75 Å². The van der Waals surface area contributed by atoms with E-state index in [1.54, 1.807) is 18.2 Å². The zero-order chi connectivity index (χ0) is 16.8. The van der Waals surface area contributed by atoms with Crippen LogP contribution in [0.4, 0.5) is 11.4 Å². The van der Waals surface area contributed by atoms with Gasteiger partial charge in [0.05, 0.1) is 21.7 Å². The third kappa shape index (κ3) is 4.29. The van der Waals surface area contributed by atoms with Gasteiger partial charge >= 0.3 is 0 Å². The molecule has 120 valence electrons. The Morgan fingerprint density at radius 2 is 2.04 bits per heavy atom. The molecule has 6 nitrogen and oxygen atoms in total. The highest BCUT2D eigenvalue weighted by Gasteiger charge is 2.17. The highest BCUT2D eigenvalue weighted by Crippen LogP contribution is 2.28. The Morgan fingerprint density at radius 1 is 1.30 bits per heavy atom. The summed E-state index contributed by atoms with van der Waals surface area (Å²) < 4.78 is 5.90. The van der Waals surface area contributed by atoms with Gasteiger partial charge in [0, 0.05) is 11.6 Å². The quantitative estimate of drug-likeness (QED) is 0.596. The first-order valence-electron chi connectivity index (χ1n) is 7.00. The summed E-state index contributed by atoms with van der Waals surface area (Å²) in [7, 11) is 0. The molecule has 1 N–H and O–H groups in total. The van der Waals surface area contributed by atoms with Gasteiger partial charge in [0.1, 0.15) is 5.75 Å². The number of para-hydroxylation sites is 2. The molecule has 0 unspecified atom stereocenters. The normalized spacial score (nSPS) is 10.2. The van der Waals surface area contributed by atoms with Crippen molar-refractivity contribution in [1.82, 2.24) is 0 Å². The SMILES string of the molecule is CCCOc1ccccc1NC(=O)c1ccc(Br)c([N+](=O)[O-])c1. The Kier molecular flexibility index (Phi) is 5.70. The van der Waals surface area contributed by atoms with Crippen molar-refractivity contribution in [2.24, 2.45) is 0 Å². The first kappa shape index (κ1) is 17.0. The molecule has 0 spiro atoms. The average molecular weight is 379 g/mol. The molecule has 0 fully saturated rings. The van der Waals surface area contributed by atoms with Crippen LogP contribution in [0.15, 0.2) is 46.9 Å². The van der Waals surface area contributed by atoms with Crippen LogP contribution < -0.4 is 10.1 Å². The lowest BCUT2D eigenvalue weighted by molar-refractivity contribution is -0.385. The third-order valence-electron chi connectivity index (χ3n) is 3.00. The van der Waals surface area contributed by atoms with Crippen molar-refractivity contribution in [3.05, 3.63) is 62.6 Å². The molecule has 23 heavy (non-hydrogen) atoms. The fraction of sp³-hybridized carbons (Fsp3) is 0.188. The Bertz CT molecular complexity index is 734. The van der Waals surface area contributed by atoms with Gasteiger partial charge < -0.3 is 10.1 Å². The third-order valence-corrected chi connectivity index (χ3v) is 3.67. The van der Waals surface area contributed by atoms with Gasteiger partial charge in [0.25, 0.3) is 11.6 Å². The van der Waals surface area contributed by atoms with Gasteiger partial charge in [-0.25, -0.2) is 0 Å². The van der Waals surface area contributed by atoms with Gasteiger partial charge in [0.2, 0.25) is 0 Å². The Labute approximate surface area is 141 Å². The van der Waals surface area contributed by atoms with E-state index >= 15 is 0 Å². The summed E-state index contributed by atoms with van der Waals surface area (Å²) in [6, 6.07) is 11.3. The molecule has 0 radical (unpaired) electrons. The van der Waals surface area contributed by atoms with Gasteiger partial charge in [-0.2, -0.15) is 0 Å². The molecule has 0 heterocycles. The lowest BCUT2D eigenvalue weighted by Gasteiger charge is -2.12. The first-order valence-corrected chi connectivity index (χ1v) is 7.79. The van der Waals surface area contributed by atoms with E-state index < -0.39 is 10.8 Å². The van der Waals surface area contributed by atoms with Crippen molar-refractivity contribution in [2.45, 2.75) is 13.3 Å². The summed E-state index contributed by atoms with van der Waals surface area (Å²) in [5, 5.41) is 13.7. The van der Waals surface area contributed by atoms with Crippen molar-refractivity contribution in [3.63, 3.8) is 0 Å². The summed E-state index contributed by atoms with van der Waals surface area (Å²) in [5.74, 6) is 0.127. The highest BCUT2D eigenvalue weighted by molar-refractivity contribution is 9.10. The van der Waals surface area contributed by atoms with Crippen LogP contribution >= 0.6 is 15.9 Å². The molecule has 0 aliphatic carbocycles. The number of anilines is 1. The monoisotopic (exact) mass is 378 g/mol. The van der Waals surface area contributed by atoms with Gasteiger partial charge in [-0.15, -0.1) is 0 Å². The van der Waals surface area contributed by atoms with E-state index in [1.165, 1.54) is 18.2 Å². The van der Waals surface area contributed by atoms with Gasteiger partial charge in [-0.1, -0.05) is 19.1 Å². The summed E-state index contributed by atoms with van der Waals surface area (Å²) >= 11 is 3.09. The minimum Gasteiger partial charge on any atom is -0.491 e. The maximum Gasteiger partial charge on any atom is 0.284 e. The number of amides is 1. The minimum atomic E-state index is -0.542. The Balaban J connectivity index is 2.23. The average Bonchev–Trinajstić information content (AvgIpc) is 2.54. The van der Waals surface area contributed by atoms with Crippen LogP contribution in [0.2, 0.25) is 0 Å². The van der Waals surface area contributed by atoms with Crippen molar-refractivity contribution >= 4 is 33.2 Å². The fourth-order valence-electron chi connectivity index (χ4n) is 1.90. The number of benzene rings is 2. The van der Waals surface area contributed by atoms with Crippen molar-refractivity contribution in [1.29, 1.82) is 0 Å². The van der Waals surface area contributed by atoms with E-state index in [1.807, 2.05) is 13.0 Å². The molecule has 7 heteroatoms. The zero-order valence-electron chi connectivity index (χ0n) is 12.4. The van der Waals surface area contributed by atoms with Crippen LogP contribution in [-0.4, -0.2) is 17.4 Å². The van der Waals surface area contributed by atoms with E-state index in [2.05, 4.69) is 21.2 Å². The molecule has 0 aliphatic rings. The number of ether oxygens (including phenoxy) is 1. The first-order chi connectivity index (χ1) is 11.0. The second-order valence-electron chi connectivity index (χ2n) is 4.72. The number of carbonyl (C=O) groups is 1. The molecular formula is C16H15BrN2O4. The van der Waals surface area contributed by atoms with Crippen LogP contribution in [0.3, 0.4) is 0 Å². The number of halogens is 1. The van der Waals surface area contributed by atoms with E-state index in [0.29, 0.717) is 22.5 Å². The van der Waals surface area contributed by atoms with E-state index in [4.69, 9.17) is 4.74 Å². The van der Waals surface area contributed by atoms with Crippen molar-refractivity contribution < 1.29 is 14.5 Å². The Morgan fingerprint density at radius 3 is 2.74 bits per heavy atom. The summed E-state index contributed by atoms with van der Waals surface area (Å²) in [6.45, 7) is 2.53. The van der Waals surface area contributed by atoms with E-state index in [0.717, 1.165) is 6.42 Å². The minimum absolute atomic E-state index is 0.159. The maximum absolute atomic E-state index is 12.3. The van der Waals surface area contributed by atoms with E-state index in [-0.39, 0.29) is 11.3 Å². The number of nitrogens with zero attached hydrogens (tertiary/aromatic N) is 1. The molecule has 0 aromatic heterocycles. The zero-order valence-corrected chi connectivity index (χ0v) is 14.0. The molecule has 0 bridgehead atoms. The number of rotatable bonds is 6. The second kappa shape index (κ2) is 7.73. The fourth-order valence-corrected chi connectivity index (χ4v) is 2.29.